The molecule has 10 nitrogen and oxygen atoms in total. The fourth-order valence-corrected chi connectivity index (χ4v) is 14.3. The van der Waals surface area contributed by atoms with Crippen LogP contribution in [0.2, 0.25) is 0 Å². The lowest BCUT2D eigenvalue weighted by Crippen LogP contribution is -2.18. The van der Waals surface area contributed by atoms with Crippen molar-refractivity contribution in [2.75, 3.05) is 0 Å². The average molecular weight is 1490 g/mol. The topological polar surface area (TPSA) is 129 Å². The van der Waals surface area contributed by atoms with E-state index in [9.17, 15) is 0 Å². The smallest absolute Gasteiger partial charge is 0.134 e. The minimum atomic E-state index is -0.00266. The van der Waals surface area contributed by atoms with E-state index in [0.29, 0.717) is 10.8 Å². The van der Waals surface area contributed by atoms with Gasteiger partial charge in [-0.15, -0.1) is 0 Å². The largest absolute Gasteiger partial charge is 0.264 e. The predicted octanol–water partition coefficient (Wildman–Crippen LogP) is 26.1. The fraction of sp³-hybridized carbons (Fsp3) is 0.392. The van der Waals surface area contributed by atoms with Crippen LogP contribution < -0.4 is 0 Å². The molecule has 0 unspecified atom stereocenters. The maximum atomic E-state index is 4.82. The molecule has 0 N–H and O–H groups in total. The quantitative estimate of drug-likeness (QED) is 0.145. The summed E-state index contributed by atoms with van der Waals surface area (Å²) in [7, 11) is 0. The number of aromatic nitrogens is 10. The van der Waals surface area contributed by atoms with E-state index in [-0.39, 0.29) is 21.7 Å². The summed E-state index contributed by atoms with van der Waals surface area (Å²) < 4.78 is 0. The van der Waals surface area contributed by atoms with E-state index >= 15 is 0 Å². The van der Waals surface area contributed by atoms with E-state index in [1.807, 2.05) is 66.2 Å². The molecule has 584 valence electrons. The van der Waals surface area contributed by atoms with Gasteiger partial charge in [0.25, 0.3) is 0 Å². The zero-order valence-corrected chi connectivity index (χ0v) is 73.0. The highest BCUT2D eigenvalue weighted by molar-refractivity contribution is 5.81. The van der Waals surface area contributed by atoms with Crippen molar-refractivity contribution < 1.29 is 0 Å². The van der Waals surface area contributed by atoms with Gasteiger partial charge in [0.05, 0.1) is 39.9 Å². The maximum Gasteiger partial charge on any atom is 0.134 e. The summed E-state index contributed by atoms with van der Waals surface area (Å²) in [5.41, 5.74) is 37.0. The number of nitrogens with zero attached hydrogens (tertiary/aromatic N) is 10. The van der Waals surface area contributed by atoms with Gasteiger partial charge in [-0.1, -0.05) is 318 Å². The Kier molecular flexibility index (Phi) is 27.4. The van der Waals surface area contributed by atoms with Crippen LogP contribution in [0.15, 0.2) is 182 Å². The molecule has 0 saturated carbocycles. The van der Waals surface area contributed by atoms with E-state index in [0.717, 1.165) is 84.6 Å². The SMILES string of the molecule is CC.CC.CC(C)(C)C.CC(C)(C)C.Cc1nc(C(C)(C)C)nc2c1-c1ccccc1C2.Cc1nc(C(C)(C)C)nc2c1Cc1ccccc1-2.Cc1nc2c(c(C(C)(C)C)n1)-c1ccccc1C2.Cc1nc2c(c(C(C)(C)C)n1)Cc1ccccc1-2.c1ccc2c(c1)Cc1cnccc1-2.c1ccc2c(c1)Cc1ncccc1-2. The number of rotatable bonds is 0. The first kappa shape index (κ1) is 85.9. The van der Waals surface area contributed by atoms with Crippen molar-refractivity contribution >= 4 is 0 Å². The van der Waals surface area contributed by atoms with Gasteiger partial charge in [0.2, 0.25) is 0 Å². The van der Waals surface area contributed by atoms with Crippen LogP contribution in [0.25, 0.3) is 67.0 Å². The first-order valence-electron chi connectivity index (χ1n) is 40.6. The molecule has 6 aromatic carbocycles. The summed E-state index contributed by atoms with van der Waals surface area (Å²) in [4.78, 5) is 46.2. The predicted molar refractivity (Wildman–Crippen MR) is 473 cm³/mol. The van der Waals surface area contributed by atoms with Gasteiger partial charge in [-0.05, 0) is 117 Å². The molecule has 0 radical (unpaired) electrons. The lowest BCUT2D eigenvalue weighted by atomic mass is 9.87. The van der Waals surface area contributed by atoms with E-state index in [1.165, 1.54) is 134 Å². The Morgan fingerprint density at radius 1 is 0.259 bits per heavy atom. The van der Waals surface area contributed by atoms with Crippen LogP contribution >= 0.6 is 0 Å². The molecule has 0 amide bonds. The van der Waals surface area contributed by atoms with Crippen LogP contribution in [0.4, 0.5) is 0 Å². The molecule has 0 saturated heterocycles. The summed E-state index contributed by atoms with van der Waals surface area (Å²) in [5, 5.41) is 0. The molecule has 0 bridgehead atoms. The third kappa shape index (κ3) is 21.4. The molecular weight excluding hydrogens is 1370 g/mol. The molecule has 0 fully saturated rings. The molecule has 0 atom stereocenters. The van der Waals surface area contributed by atoms with Gasteiger partial charge in [0.15, 0.2) is 0 Å². The second kappa shape index (κ2) is 35.7. The van der Waals surface area contributed by atoms with Gasteiger partial charge in [0, 0.05) is 129 Å². The summed E-state index contributed by atoms with van der Waals surface area (Å²) >= 11 is 0. The van der Waals surface area contributed by atoms with Crippen LogP contribution in [-0.2, 0) is 60.2 Å². The van der Waals surface area contributed by atoms with Gasteiger partial charge >= 0.3 is 0 Å². The molecular formula is C102H126N10. The molecule has 0 aliphatic heterocycles. The molecule has 112 heavy (non-hydrogen) atoms. The maximum absolute atomic E-state index is 4.82. The van der Waals surface area contributed by atoms with Gasteiger partial charge in [-0.2, -0.15) is 0 Å². The Morgan fingerprint density at radius 3 is 1.12 bits per heavy atom. The Morgan fingerprint density at radius 2 is 0.616 bits per heavy atom. The van der Waals surface area contributed by atoms with Crippen molar-refractivity contribution in [3.05, 3.63) is 296 Å². The average Bonchev–Trinajstić information content (AvgIpc) is 1.61. The molecule has 0 spiro atoms. The van der Waals surface area contributed by atoms with Gasteiger partial charge < -0.3 is 0 Å². The molecule has 10 heteroatoms. The van der Waals surface area contributed by atoms with Crippen LogP contribution in [-0.4, -0.2) is 49.8 Å². The molecule has 18 rings (SSSR count). The van der Waals surface area contributed by atoms with Gasteiger partial charge in [-0.25, -0.2) is 39.9 Å². The summed E-state index contributed by atoms with van der Waals surface area (Å²) in [6.45, 7) is 60.0. The number of benzene rings is 6. The standard InChI is InChI=1S/4C16H18N2.2C12H9N.2C5H12.2C2H6/c1-10-17-13-9-11-7-5-6-8-12(11)14(13)15(18-10)16(2,3)4;1-10-17-14-12-8-6-5-7-11(12)9-13(14)15(18-10)16(2,3)4;1-10-14-12-8-6-5-7-11(12)9-13(14)18-15(17-10)16(2,3)4;1-10-13-9-11-7-5-6-8-12(11)14(13)18-15(17-10)16(2,3)4;1-2-5-10-9(4-1)8-12-11(10)6-3-7-13-12;1-2-4-11-9(3-1)7-10-8-13-6-5-12(10)11;2*1-5(2,3)4;2*1-2/h4*5-8H,9H2,1-4H3;1-7H,8H2;1-6,8H,7H2;2*1-4H3;2*1-2H3. The Labute approximate surface area is 673 Å². The zero-order valence-electron chi connectivity index (χ0n) is 73.0. The van der Waals surface area contributed by atoms with Crippen molar-refractivity contribution in [2.45, 2.75) is 254 Å². The third-order valence-corrected chi connectivity index (χ3v) is 19.1. The van der Waals surface area contributed by atoms with E-state index in [2.05, 4.69) is 340 Å². The monoisotopic (exact) mass is 1490 g/mol. The highest BCUT2D eigenvalue weighted by Crippen LogP contribution is 2.45. The second-order valence-corrected chi connectivity index (χ2v) is 36.8. The van der Waals surface area contributed by atoms with Gasteiger partial charge in [0.1, 0.15) is 23.3 Å². The molecule has 6 aliphatic carbocycles. The Hall–Kier alpha value is -10.1. The minimum Gasteiger partial charge on any atom is -0.264 e. The summed E-state index contributed by atoms with van der Waals surface area (Å²) in [6.07, 6.45) is 11.6. The number of pyridine rings is 2. The highest BCUT2D eigenvalue weighted by Gasteiger charge is 2.33. The normalized spacial score (nSPS) is 12.6. The number of fused-ring (bicyclic) bond motifs is 18. The van der Waals surface area contributed by atoms with E-state index in [1.54, 1.807) is 0 Å². The molecule has 6 heterocycles. The fourth-order valence-electron chi connectivity index (χ4n) is 14.3. The highest BCUT2D eigenvalue weighted by atomic mass is 14.9. The van der Waals surface area contributed by atoms with Crippen LogP contribution in [0.1, 0.15) is 279 Å². The molecule has 12 aromatic rings. The summed E-state index contributed by atoms with van der Waals surface area (Å²) in [5.74, 6) is 3.64. The third-order valence-electron chi connectivity index (χ3n) is 19.1. The number of hydrogen-bond acceptors (Lipinski definition) is 10. The van der Waals surface area contributed by atoms with Crippen molar-refractivity contribution in [3.63, 3.8) is 0 Å². The Balaban J connectivity index is 0.000000150. The van der Waals surface area contributed by atoms with Crippen molar-refractivity contribution in [1.29, 1.82) is 0 Å². The Bertz CT molecular complexity index is 5040. The van der Waals surface area contributed by atoms with Crippen molar-refractivity contribution in [1.82, 2.24) is 49.8 Å². The first-order chi connectivity index (χ1) is 52.8. The lowest BCUT2D eigenvalue weighted by molar-refractivity contribution is 0.469. The van der Waals surface area contributed by atoms with Crippen molar-refractivity contribution in [2.24, 2.45) is 10.8 Å². The zero-order chi connectivity index (χ0) is 82.0. The lowest BCUT2D eigenvalue weighted by Gasteiger charge is -2.22. The van der Waals surface area contributed by atoms with Crippen LogP contribution in [0, 0.1) is 38.5 Å². The molecule has 6 aromatic heterocycles. The van der Waals surface area contributed by atoms with E-state index < -0.39 is 0 Å². The summed E-state index contributed by atoms with van der Waals surface area (Å²) in [6, 6.07) is 57.5. The van der Waals surface area contributed by atoms with Crippen LogP contribution in [0.5, 0.6) is 0 Å². The number of hydrogen-bond donors (Lipinski definition) is 0. The van der Waals surface area contributed by atoms with Gasteiger partial charge in [-0.3, -0.25) is 9.97 Å². The van der Waals surface area contributed by atoms with Crippen LogP contribution in [0.3, 0.4) is 0 Å². The van der Waals surface area contributed by atoms with Crippen molar-refractivity contribution in [3.8, 4) is 67.0 Å². The number of aryl methyl sites for hydroxylation is 4. The second-order valence-electron chi connectivity index (χ2n) is 36.8. The first-order valence-corrected chi connectivity index (χ1v) is 40.6. The van der Waals surface area contributed by atoms with E-state index in [4.69, 9.17) is 19.9 Å². The minimum absolute atomic E-state index is 0.00266. The molecule has 6 aliphatic rings.